The summed E-state index contributed by atoms with van der Waals surface area (Å²) in [6.07, 6.45) is -25.6. The van der Waals surface area contributed by atoms with Crippen molar-refractivity contribution in [2.75, 3.05) is 45.4 Å². The molecule has 0 bridgehead atoms. The Morgan fingerprint density at radius 1 is 0.417 bits per heavy atom. The van der Waals surface area contributed by atoms with Gasteiger partial charge in [0.05, 0.1) is 56.5 Å². The van der Waals surface area contributed by atoms with Crippen LogP contribution < -0.4 is 67.5 Å². The summed E-state index contributed by atoms with van der Waals surface area (Å²) in [4.78, 5) is 214. The second-order valence-corrected chi connectivity index (χ2v) is 33.9. The Morgan fingerprint density at radius 2 is 0.713 bits per heavy atom. The molecule has 115 heavy (non-hydrogen) atoms. The minimum Gasteiger partial charge on any atom is -0.394 e. The van der Waals surface area contributed by atoms with Gasteiger partial charge in [0.2, 0.25) is 5.95 Å². The van der Waals surface area contributed by atoms with Gasteiger partial charge < -0.3 is 68.8 Å². The van der Waals surface area contributed by atoms with Crippen LogP contribution in [-0.2, 0) is 96.5 Å². The predicted molar refractivity (Wildman–Crippen MR) is 374 cm³/mol. The third kappa shape index (κ3) is 20.3. The van der Waals surface area contributed by atoms with Crippen molar-refractivity contribution in [3.63, 3.8) is 0 Å². The van der Waals surface area contributed by atoms with Crippen LogP contribution in [0.25, 0.3) is 11.2 Å². The van der Waals surface area contributed by atoms with Gasteiger partial charge in [-0.15, -0.1) is 0 Å². The number of aromatic nitrogens is 14. The SMILES string of the molecule is Nc1nc2c(ncn2[C@H]2C[C@H](O)[C@@H](COP(=O)(O)O[C@H]3C[C@H](n4cc(Br)c(=O)[nH]c4=O)O[C@@H]3COP(=O)(O)O[C@H]3C[C@H](n4ccc(=O)[nH]c4=O)O[C@@H]3COP(=O)(O)O[C@H]3C[C@H](n4ccc(=O)[nH]c4=O)O[C@@H]3COP(=O)(O)O[C@H]3C[C@H](n4ccc(=O)[nH]c4=O)O[C@@H]3COP(=O)(O)O[C@H]3C[C@H](n4ccc(=O)[nH]c4=O)O[C@@H]3CO)O2)c(=O)[nH]1. The number of H-pyrrole nitrogens is 6. The fourth-order valence-corrected chi connectivity index (χ4v) is 18.1. The van der Waals surface area contributed by atoms with Crippen LogP contribution in [0.2, 0.25) is 0 Å². The maximum atomic E-state index is 14.2. The number of rotatable bonds is 32. The van der Waals surface area contributed by atoms with Crippen LogP contribution in [0, 0.1) is 0 Å². The average molecular weight is 1800 g/mol. The molecule has 0 aromatic carbocycles. The number of nitrogens with one attached hydrogen (secondary N) is 6. The zero-order valence-corrected chi connectivity index (χ0v) is 64.2. The van der Waals surface area contributed by atoms with Crippen molar-refractivity contribution in [1.29, 1.82) is 0 Å². The molecule has 23 atom stereocenters. The predicted octanol–water partition coefficient (Wildman–Crippen LogP) is -4.20. The quantitative estimate of drug-likeness (QED) is 0.0178. The number of nitrogens with zero attached hydrogens (tertiary/aromatic N) is 8. The molecule has 60 heteroatoms. The van der Waals surface area contributed by atoms with Crippen LogP contribution in [0.4, 0.5) is 5.95 Å². The first-order valence-electron chi connectivity index (χ1n) is 33.7. The number of hydrogen-bond donors (Lipinski definition) is 14. The molecular weight excluding hydrogens is 1730 g/mol. The maximum absolute atomic E-state index is 14.2. The third-order valence-electron chi connectivity index (χ3n) is 18.3. The summed E-state index contributed by atoms with van der Waals surface area (Å²) in [5.41, 5.74) is -4.75. The zero-order valence-electron chi connectivity index (χ0n) is 58.1. The van der Waals surface area contributed by atoms with Crippen LogP contribution in [-0.4, -0.2) is 215 Å². The number of aromatic amines is 6. The molecule has 54 nitrogen and oxygen atoms in total. The topological polar surface area (TPSA) is 739 Å². The first kappa shape index (κ1) is 85.2. The van der Waals surface area contributed by atoms with E-state index in [0.717, 1.165) is 78.1 Å². The van der Waals surface area contributed by atoms with Crippen LogP contribution >= 0.6 is 55.0 Å². The molecule has 7 aromatic rings. The molecule has 0 spiro atoms. The average Bonchev–Trinajstić information content (AvgIpc) is 1.64. The van der Waals surface area contributed by atoms with Crippen LogP contribution in [0.5, 0.6) is 0 Å². The summed E-state index contributed by atoms with van der Waals surface area (Å²) in [6.45, 7) is -6.31. The van der Waals surface area contributed by atoms with Gasteiger partial charge in [0, 0.05) is 93.8 Å². The lowest BCUT2D eigenvalue weighted by molar-refractivity contribution is -0.0656. The van der Waals surface area contributed by atoms with Crippen LogP contribution in [0.15, 0.2) is 119 Å². The molecule has 0 amide bonds. The Morgan fingerprint density at radius 3 is 1.05 bits per heavy atom. The van der Waals surface area contributed by atoms with E-state index in [2.05, 4.69) is 30.9 Å². The number of imidazole rings is 1. The van der Waals surface area contributed by atoms with Gasteiger partial charge in [0.15, 0.2) is 11.2 Å². The fourth-order valence-electron chi connectivity index (χ4n) is 13.0. The second kappa shape index (κ2) is 34.3. The maximum Gasteiger partial charge on any atom is 0.472 e. The van der Waals surface area contributed by atoms with Gasteiger partial charge in [-0.05, 0) is 15.9 Å². The highest BCUT2D eigenvalue weighted by atomic mass is 79.9. The monoisotopic (exact) mass is 1800 g/mol. The van der Waals surface area contributed by atoms with Crippen molar-refractivity contribution in [3.8, 4) is 0 Å². The van der Waals surface area contributed by atoms with E-state index in [9.17, 15) is 110 Å². The molecule has 5 unspecified atom stereocenters. The van der Waals surface area contributed by atoms with E-state index in [1.54, 1.807) is 0 Å². The van der Waals surface area contributed by atoms with E-state index in [-0.39, 0.29) is 34.4 Å². The van der Waals surface area contributed by atoms with Crippen molar-refractivity contribution >= 4 is 72.2 Å². The van der Waals surface area contributed by atoms with Gasteiger partial charge in [-0.25, -0.2) is 51.8 Å². The Hall–Kier alpha value is -7.74. The number of nitrogens with two attached hydrogens (primary N) is 1. The third-order valence-corrected chi connectivity index (χ3v) is 23.9. The van der Waals surface area contributed by atoms with E-state index < -0.39 is 277 Å². The largest absolute Gasteiger partial charge is 0.472 e. The van der Waals surface area contributed by atoms with E-state index in [1.165, 1.54) is 10.9 Å². The van der Waals surface area contributed by atoms with Crippen molar-refractivity contribution in [3.05, 3.63) is 181 Å². The number of hydrogen-bond acceptors (Lipinski definition) is 37. The van der Waals surface area contributed by atoms with Crippen molar-refractivity contribution in [2.45, 2.75) is 149 Å². The molecule has 6 fully saturated rings. The molecule has 15 N–H and O–H groups in total. The minimum absolute atomic E-state index is 0.0273. The van der Waals surface area contributed by atoms with Crippen molar-refractivity contribution in [2.24, 2.45) is 0 Å². The number of halogens is 1. The Bertz CT molecular complexity index is 5760. The number of aliphatic hydroxyl groups is 2. The van der Waals surface area contributed by atoms with E-state index >= 15 is 0 Å². The smallest absolute Gasteiger partial charge is 0.394 e. The number of phosphoric acid groups is 5. The first-order valence-corrected chi connectivity index (χ1v) is 42.0. The zero-order chi connectivity index (χ0) is 82.5. The van der Waals surface area contributed by atoms with E-state index in [0.29, 0.717) is 0 Å². The molecule has 0 radical (unpaired) electrons. The summed E-state index contributed by atoms with van der Waals surface area (Å²) >= 11 is 2.99. The molecule has 7 aromatic heterocycles. The summed E-state index contributed by atoms with van der Waals surface area (Å²) in [5, 5.41) is 21.0. The highest BCUT2D eigenvalue weighted by Gasteiger charge is 2.51. The number of anilines is 1. The molecule has 13 rings (SSSR count). The molecule has 0 saturated carbocycles. The highest BCUT2D eigenvalue weighted by molar-refractivity contribution is 9.10. The normalized spacial score (nSPS) is 30.3. The Kier molecular flexibility index (Phi) is 25.4. The van der Waals surface area contributed by atoms with Gasteiger partial charge in [-0.3, -0.25) is 131 Å². The molecular formula is C55H67BrN15O39P5. The van der Waals surface area contributed by atoms with Gasteiger partial charge in [0.1, 0.15) is 105 Å². The molecule has 0 aliphatic carbocycles. The first-order chi connectivity index (χ1) is 54.2. The Balaban J connectivity index is 0.681. The highest BCUT2D eigenvalue weighted by Crippen LogP contribution is 2.56. The number of nitrogen functional groups attached to an aromatic ring is 1. The van der Waals surface area contributed by atoms with E-state index in [1.807, 2.05) is 24.9 Å². The molecule has 6 aliphatic heterocycles. The Labute approximate surface area is 643 Å². The minimum atomic E-state index is -5.69. The van der Waals surface area contributed by atoms with Gasteiger partial charge >= 0.3 is 67.6 Å². The summed E-state index contributed by atoms with van der Waals surface area (Å²) < 4.78 is 164. The van der Waals surface area contributed by atoms with Crippen molar-refractivity contribution in [1.82, 2.24) is 67.3 Å². The number of aliphatic hydroxyl groups excluding tert-OH is 2. The van der Waals surface area contributed by atoms with Crippen molar-refractivity contribution < 1.29 is 131 Å². The van der Waals surface area contributed by atoms with E-state index in [4.69, 9.17) is 79.4 Å². The summed E-state index contributed by atoms with van der Waals surface area (Å²) in [5.74, 6) is -0.269. The standard InChI is InChI=1S/C55H67BrN15O39P5/c56-23-15-70(55(84)65-48(23)78)45-14-29(110-111(85,86)95-17-31-24(73)9-40(101-31)71-22-58-46-47(71)63-50(57)64-49(46)79)35(105-45)21-99-115(93,94)109-28-13-44(69-8-4-39(77)62-54(69)83)104-34(28)20-98-114(91,92)108-27-12-43(68-7-3-38(76)61-53(68)82)103-33(27)19-97-113(89,90)107-26-11-42(67-6-2-37(75)60-52(67)81)102-32(26)18-96-112(87,88)106-25-10-41(100-30(25)16-72)66-5-1-36(74)59-51(66)80/h1-8,15,22,24-35,40-45,72-73H,9-14,16-21H2,(H,85,86)(H,87,88)(H,89,90)(H,91,92)(H,93,94)(H,59,74,80)(H,60,75,81)(H,61,76,82)(H,62,77,83)(H,65,78,84)(H3,57,63,64,79)/t24-,25-,26-,27-,28-,29-,30+,31+,32+,33+,34+,35+,40+,41+,42+,43+,44+,45+/m0/s1. The number of fused-ring (bicyclic) bond motifs is 1. The van der Waals surface area contributed by atoms with Gasteiger partial charge in [-0.1, -0.05) is 0 Å². The van der Waals surface area contributed by atoms with Gasteiger partial charge in [0.25, 0.3) is 33.4 Å². The summed E-state index contributed by atoms with van der Waals surface area (Å²) in [7, 11) is -27.7. The van der Waals surface area contributed by atoms with Crippen LogP contribution in [0.3, 0.4) is 0 Å². The van der Waals surface area contributed by atoms with Crippen LogP contribution in [0.1, 0.15) is 75.9 Å². The molecule has 6 aliphatic rings. The van der Waals surface area contributed by atoms with Gasteiger partial charge in [-0.2, -0.15) is 4.98 Å². The number of ether oxygens (including phenoxy) is 6. The lowest BCUT2D eigenvalue weighted by Crippen LogP contribution is -2.33. The molecule has 6 saturated heterocycles. The fraction of sp³-hybridized carbons (Fsp3) is 0.545. The summed E-state index contributed by atoms with van der Waals surface area (Å²) in [6, 6.07) is 3.63. The molecule has 13 heterocycles. The second-order valence-electron chi connectivity index (χ2n) is 26.0. The lowest BCUT2D eigenvalue weighted by atomic mass is 10.2. The lowest BCUT2D eigenvalue weighted by Gasteiger charge is -2.26. The molecule has 628 valence electrons. The number of phosphoric ester groups is 5.